The van der Waals surface area contributed by atoms with Gasteiger partial charge in [-0.2, -0.15) is 5.10 Å². The van der Waals surface area contributed by atoms with E-state index in [1.165, 1.54) is 12.8 Å². The molecule has 0 aliphatic carbocycles. The summed E-state index contributed by atoms with van der Waals surface area (Å²) in [6.45, 7) is 5.19. The molecule has 0 saturated carbocycles. The molecule has 1 heterocycles. The minimum Gasteiger partial charge on any atom is -0.263 e. The second-order valence-corrected chi connectivity index (χ2v) is 2.52. The standard InChI is InChI=1S/C8H13N2/c1-3-4-5-10-7-8(2)6-9-10/h6H,3-5H2,1-2H3. The van der Waals surface area contributed by atoms with E-state index in [1.807, 2.05) is 17.8 Å². The highest BCUT2D eigenvalue weighted by atomic mass is 15.3. The van der Waals surface area contributed by atoms with Crippen LogP contribution in [0.25, 0.3) is 0 Å². The minimum atomic E-state index is 1.00. The minimum absolute atomic E-state index is 1.00. The molecule has 0 atom stereocenters. The second kappa shape index (κ2) is 3.40. The Morgan fingerprint density at radius 3 is 3.00 bits per heavy atom. The van der Waals surface area contributed by atoms with Crippen molar-refractivity contribution in [3.05, 3.63) is 18.0 Å². The fraction of sp³-hybridized carbons (Fsp3) is 0.625. The maximum atomic E-state index is 4.11. The van der Waals surface area contributed by atoms with E-state index in [0.29, 0.717) is 0 Å². The van der Waals surface area contributed by atoms with Crippen molar-refractivity contribution in [2.75, 3.05) is 0 Å². The first kappa shape index (κ1) is 7.32. The third-order valence-corrected chi connectivity index (χ3v) is 1.42. The van der Waals surface area contributed by atoms with Crippen LogP contribution in [-0.2, 0) is 6.54 Å². The van der Waals surface area contributed by atoms with Crippen molar-refractivity contribution in [1.29, 1.82) is 0 Å². The zero-order chi connectivity index (χ0) is 7.40. The molecule has 1 aromatic rings. The van der Waals surface area contributed by atoms with Crippen LogP contribution in [0.2, 0.25) is 0 Å². The monoisotopic (exact) mass is 137 g/mol. The molecule has 0 bridgehead atoms. The lowest BCUT2D eigenvalue weighted by atomic mass is 10.3. The van der Waals surface area contributed by atoms with Gasteiger partial charge in [0.25, 0.3) is 0 Å². The molecule has 0 unspecified atom stereocenters. The summed E-state index contributed by atoms with van der Waals surface area (Å²) in [5.74, 6) is 0. The lowest BCUT2D eigenvalue weighted by Crippen LogP contribution is -1.97. The van der Waals surface area contributed by atoms with Crippen LogP contribution in [0.5, 0.6) is 0 Å². The van der Waals surface area contributed by atoms with Crippen LogP contribution in [0.3, 0.4) is 0 Å². The highest BCUT2D eigenvalue weighted by Crippen LogP contribution is 1.95. The van der Waals surface area contributed by atoms with Crippen LogP contribution in [0.4, 0.5) is 0 Å². The summed E-state index contributed by atoms with van der Waals surface area (Å²) in [6.07, 6.45) is 7.37. The molecule has 2 heteroatoms. The topological polar surface area (TPSA) is 17.8 Å². The van der Waals surface area contributed by atoms with Gasteiger partial charge in [0, 0.05) is 6.54 Å². The van der Waals surface area contributed by atoms with E-state index >= 15 is 0 Å². The number of hydrogen-bond donors (Lipinski definition) is 0. The number of hydrogen-bond acceptors (Lipinski definition) is 1. The Bertz CT molecular complexity index is 191. The quantitative estimate of drug-likeness (QED) is 0.621. The zero-order valence-electron chi connectivity index (χ0n) is 6.59. The number of nitrogens with zero attached hydrogens (tertiary/aromatic N) is 2. The van der Waals surface area contributed by atoms with Crippen molar-refractivity contribution < 1.29 is 0 Å². The van der Waals surface area contributed by atoms with Crippen molar-refractivity contribution in [2.45, 2.75) is 33.2 Å². The van der Waals surface area contributed by atoms with E-state index in [4.69, 9.17) is 0 Å². The van der Waals surface area contributed by atoms with E-state index in [0.717, 1.165) is 12.1 Å². The van der Waals surface area contributed by atoms with E-state index in [9.17, 15) is 0 Å². The maximum Gasteiger partial charge on any atom is 0.0895 e. The summed E-state index contributed by atoms with van der Waals surface area (Å²) >= 11 is 0. The van der Waals surface area contributed by atoms with Gasteiger partial charge in [-0.3, -0.25) is 4.68 Å². The van der Waals surface area contributed by atoms with E-state index < -0.39 is 0 Å². The first-order valence-electron chi connectivity index (χ1n) is 3.74. The van der Waals surface area contributed by atoms with Crippen LogP contribution >= 0.6 is 0 Å². The Morgan fingerprint density at radius 1 is 1.70 bits per heavy atom. The normalized spacial score (nSPS) is 10.2. The molecule has 0 N–H and O–H groups in total. The largest absolute Gasteiger partial charge is 0.263 e. The van der Waals surface area contributed by atoms with Gasteiger partial charge in [-0.15, -0.1) is 0 Å². The molecule has 1 rings (SSSR count). The molecule has 1 radical (unpaired) electrons. The van der Waals surface area contributed by atoms with Crippen molar-refractivity contribution in [3.63, 3.8) is 0 Å². The number of rotatable bonds is 3. The van der Waals surface area contributed by atoms with Gasteiger partial charge in [-0.25, -0.2) is 0 Å². The fourth-order valence-corrected chi connectivity index (χ4v) is 0.839. The third kappa shape index (κ3) is 1.87. The maximum absolute atomic E-state index is 4.11. The predicted molar refractivity (Wildman–Crippen MR) is 40.7 cm³/mol. The van der Waals surface area contributed by atoms with Crippen molar-refractivity contribution in [3.8, 4) is 0 Å². The van der Waals surface area contributed by atoms with Crippen molar-refractivity contribution >= 4 is 0 Å². The van der Waals surface area contributed by atoms with Crippen LogP contribution in [0.15, 0.2) is 6.20 Å². The van der Waals surface area contributed by atoms with Gasteiger partial charge in [-0.1, -0.05) is 13.3 Å². The smallest absolute Gasteiger partial charge is 0.0895 e. The first-order valence-corrected chi connectivity index (χ1v) is 3.74. The highest BCUT2D eigenvalue weighted by Gasteiger charge is 1.91. The van der Waals surface area contributed by atoms with Crippen LogP contribution in [0.1, 0.15) is 25.3 Å². The first-order chi connectivity index (χ1) is 4.83. The molecule has 10 heavy (non-hydrogen) atoms. The Balaban J connectivity index is 2.42. The van der Waals surface area contributed by atoms with Crippen LogP contribution in [-0.4, -0.2) is 9.78 Å². The molecule has 0 aliphatic rings. The number of aromatic nitrogens is 2. The summed E-state index contributed by atoms with van der Waals surface area (Å²) in [5.41, 5.74) is 1.12. The van der Waals surface area contributed by atoms with E-state index in [1.54, 1.807) is 0 Å². The molecular weight excluding hydrogens is 124 g/mol. The molecule has 0 aromatic carbocycles. The van der Waals surface area contributed by atoms with Crippen molar-refractivity contribution in [1.82, 2.24) is 9.78 Å². The van der Waals surface area contributed by atoms with Gasteiger partial charge in [-0.05, 0) is 18.9 Å². The van der Waals surface area contributed by atoms with E-state index in [-0.39, 0.29) is 0 Å². The zero-order valence-corrected chi connectivity index (χ0v) is 6.59. The summed E-state index contributed by atoms with van der Waals surface area (Å²) in [7, 11) is 0. The van der Waals surface area contributed by atoms with Gasteiger partial charge in [0.15, 0.2) is 0 Å². The Hall–Kier alpha value is -0.790. The molecular formula is C8H13N2. The molecule has 0 amide bonds. The molecule has 55 valence electrons. The van der Waals surface area contributed by atoms with Gasteiger partial charge in [0.1, 0.15) is 0 Å². The van der Waals surface area contributed by atoms with Crippen molar-refractivity contribution in [2.24, 2.45) is 0 Å². The Labute approximate surface area is 61.9 Å². The lowest BCUT2D eigenvalue weighted by molar-refractivity contribution is 0.568. The average molecular weight is 137 g/mol. The van der Waals surface area contributed by atoms with Crippen LogP contribution < -0.4 is 0 Å². The van der Waals surface area contributed by atoms with Gasteiger partial charge in [0.05, 0.1) is 12.4 Å². The third-order valence-electron chi connectivity index (χ3n) is 1.42. The Morgan fingerprint density at radius 2 is 2.50 bits per heavy atom. The average Bonchev–Trinajstić information content (AvgIpc) is 2.31. The molecule has 0 saturated heterocycles. The Kier molecular flexibility index (Phi) is 2.49. The summed E-state index contributed by atoms with van der Waals surface area (Å²) in [5, 5.41) is 4.11. The van der Waals surface area contributed by atoms with Gasteiger partial charge >= 0.3 is 0 Å². The lowest BCUT2D eigenvalue weighted by Gasteiger charge is -1.95. The molecule has 1 aromatic heterocycles. The summed E-state index contributed by atoms with van der Waals surface area (Å²) in [4.78, 5) is 0. The molecule has 0 fully saturated rings. The van der Waals surface area contributed by atoms with Crippen LogP contribution in [0, 0.1) is 13.1 Å². The molecule has 2 nitrogen and oxygen atoms in total. The summed E-state index contributed by atoms with van der Waals surface area (Å²) < 4.78 is 1.87. The highest BCUT2D eigenvalue weighted by molar-refractivity contribution is 4.97. The second-order valence-electron chi connectivity index (χ2n) is 2.52. The molecule has 0 aliphatic heterocycles. The van der Waals surface area contributed by atoms with Gasteiger partial charge < -0.3 is 0 Å². The van der Waals surface area contributed by atoms with E-state index in [2.05, 4.69) is 18.2 Å². The molecule has 0 spiro atoms. The fourth-order valence-electron chi connectivity index (χ4n) is 0.839. The van der Waals surface area contributed by atoms with Gasteiger partial charge in [0.2, 0.25) is 0 Å². The predicted octanol–water partition coefficient (Wildman–Crippen LogP) is 1.79. The number of unbranched alkanes of at least 4 members (excludes halogenated alkanes) is 1. The SMILES string of the molecule is CCCCn1[c]c(C)cn1. The summed E-state index contributed by atoms with van der Waals surface area (Å²) in [6, 6.07) is 0. The number of aryl methyl sites for hydroxylation is 2.